The number of nitrogens with zero attached hydrogens (tertiary/aromatic N) is 1. The number of nitrogens with one attached hydrogen (secondary N) is 1. The van der Waals surface area contributed by atoms with Gasteiger partial charge in [-0.1, -0.05) is 30.7 Å². The fourth-order valence-electron chi connectivity index (χ4n) is 2.19. The molecule has 5 nitrogen and oxygen atoms in total. The summed E-state index contributed by atoms with van der Waals surface area (Å²) in [6, 6.07) is 11.2. The maximum absolute atomic E-state index is 12.4. The zero-order chi connectivity index (χ0) is 18.9. The van der Waals surface area contributed by atoms with Crippen molar-refractivity contribution in [3.05, 3.63) is 47.1 Å². The number of hydrogen-bond donors (Lipinski definition) is 1. The van der Waals surface area contributed by atoms with Crippen LogP contribution in [0.5, 0.6) is 11.6 Å². The van der Waals surface area contributed by atoms with E-state index in [-0.39, 0.29) is 17.5 Å². The lowest BCUT2D eigenvalue weighted by Crippen LogP contribution is -2.30. The molecule has 1 amide bonds. The number of benzene rings is 1. The Morgan fingerprint density at radius 3 is 2.81 bits per heavy atom. The molecule has 2 aromatic rings. The minimum absolute atomic E-state index is 0.183. The van der Waals surface area contributed by atoms with Gasteiger partial charge >= 0.3 is 0 Å². The SMILES string of the molecule is CCOc1ccc(Cl)c(C(=O)NCC(C)CSc2ccccc2OC)n1. The Morgan fingerprint density at radius 1 is 1.31 bits per heavy atom. The highest BCUT2D eigenvalue weighted by Crippen LogP contribution is 2.29. The molecule has 140 valence electrons. The second-order valence-corrected chi connectivity index (χ2v) is 7.16. The maximum Gasteiger partial charge on any atom is 0.271 e. The number of carbonyl (C=O) groups excluding carboxylic acids is 1. The van der Waals surface area contributed by atoms with Crippen molar-refractivity contribution in [2.75, 3.05) is 26.0 Å². The molecule has 0 fully saturated rings. The molecule has 0 aliphatic carbocycles. The molecular formula is C19H23ClN2O3S. The van der Waals surface area contributed by atoms with Gasteiger partial charge in [-0.25, -0.2) is 4.98 Å². The lowest BCUT2D eigenvalue weighted by molar-refractivity contribution is 0.0943. The fraction of sp³-hybridized carbons (Fsp3) is 0.368. The van der Waals surface area contributed by atoms with Crippen LogP contribution in [0.1, 0.15) is 24.3 Å². The van der Waals surface area contributed by atoms with Crippen molar-refractivity contribution in [1.82, 2.24) is 10.3 Å². The van der Waals surface area contributed by atoms with Crippen molar-refractivity contribution in [1.29, 1.82) is 0 Å². The van der Waals surface area contributed by atoms with Crippen molar-refractivity contribution in [2.24, 2.45) is 5.92 Å². The van der Waals surface area contributed by atoms with Crippen molar-refractivity contribution < 1.29 is 14.3 Å². The number of thioether (sulfide) groups is 1. The number of para-hydroxylation sites is 1. The summed E-state index contributed by atoms with van der Waals surface area (Å²) in [4.78, 5) is 17.6. The Balaban J connectivity index is 1.88. The van der Waals surface area contributed by atoms with Crippen molar-refractivity contribution in [3.8, 4) is 11.6 Å². The molecule has 0 radical (unpaired) electrons. The molecule has 1 aromatic heterocycles. The predicted molar refractivity (Wildman–Crippen MR) is 106 cm³/mol. The molecule has 0 bridgehead atoms. The third-order valence-electron chi connectivity index (χ3n) is 3.53. The van der Waals surface area contributed by atoms with Gasteiger partial charge in [0.2, 0.25) is 5.88 Å². The van der Waals surface area contributed by atoms with E-state index < -0.39 is 0 Å². The van der Waals surface area contributed by atoms with Crippen LogP contribution in [-0.2, 0) is 0 Å². The second-order valence-electron chi connectivity index (χ2n) is 5.69. The number of rotatable bonds is 9. The minimum Gasteiger partial charge on any atom is -0.496 e. The fourth-order valence-corrected chi connectivity index (χ4v) is 3.43. The molecule has 1 unspecified atom stereocenters. The Kier molecular flexibility index (Phi) is 8.06. The molecule has 0 aliphatic heterocycles. The molecule has 0 aliphatic rings. The molecular weight excluding hydrogens is 372 g/mol. The number of amides is 1. The Labute approximate surface area is 163 Å². The van der Waals surface area contributed by atoms with E-state index in [9.17, 15) is 4.79 Å². The number of pyridine rings is 1. The zero-order valence-corrected chi connectivity index (χ0v) is 16.7. The van der Waals surface area contributed by atoms with Gasteiger partial charge < -0.3 is 14.8 Å². The standard InChI is InChI=1S/C19H23ClN2O3S/c1-4-25-17-10-9-14(20)18(22-17)19(23)21-11-13(2)12-26-16-8-6-5-7-15(16)24-3/h5-10,13H,4,11-12H2,1-3H3,(H,21,23). The van der Waals surface area contributed by atoms with Gasteiger partial charge in [-0.2, -0.15) is 0 Å². The lowest BCUT2D eigenvalue weighted by atomic mass is 10.2. The first kappa shape index (κ1) is 20.4. The average molecular weight is 395 g/mol. The third-order valence-corrected chi connectivity index (χ3v) is 5.22. The van der Waals surface area contributed by atoms with Gasteiger partial charge in [-0.3, -0.25) is 4.79 Å². The molecule has 0 spiro atoms. The van der Waals surface area contributed by atoms with E-state index in [0.717, 1.165) is 16.4 Å². The molecule has 2 rings (SSSR count). The third kappa shape index (κ3) is 5.81. The number of halogens is 1. The topological polar surface area (TPSA) is 60.5 Å². The number of aromatic nitrogens is 1. The van der Waals surface area contributed by atoms with E-state index >= 15 is 0 Å². The average Bonchev–Trinajstić information content (AvgIpc) is 2.66. The number of hydrogen-bond acceptors (Lipinski definition) is 5. The Bertz CT molecular complexity index is 742. The van der Waals surface area contributed by atoms with Gasteiger partial charge in [0.05, 0.1) is 18.7 Å². The zero-order valence-electron chi connectivity index (χ0n) is 15.1. The van der Waals surface area contributed by atoms with E-state index in [1.807, 2.05) is 31.2 Å². The summed E-state index contributed by atoms with van der Waals surface area (Å²) in [5.74, 6) is 2.06. The first-order chi connectivity index (χ1) is 12.5. The quantitative estimate of drug-likeness (QED) is 0.642. The lowest BCUT2D eigenvalue weighted by Gasteiger charge is -2.14. The van der Waals surface area contributed by atoms with Crippen LogP contribution in [0.25, 0.3) is 0 Å². The molecule has 1 atom stereocenters. The van der Waals surface area contributed by atoms with Crippen LogP contribution in [0.2, 0.25) is 5.02 Å². The van der Waals surface area contributed by atoms with Crippen molar-refractivity contribution in [3.63, 3.8) is 0 Å². The maximum atomic E-state index is 12.4. The summed E-state index contributed by atoms with van der Waals surface area (Å²) in [6.07, 6.45) is 0. The van der Waals surface area contributed by atoms with Crippen LogP contribution in [0.15, 0.2) is 41.3 Å². The van der Waals surface area contributed by atoms with Crippen LogP contribution in [-0.4, -0.2) is 36.9 Å². The first-order valence-corrected chi connectivity index (χ1v) is 9.74. The molecule has 0 saturated heterocycles. The van der Waals surface area contributed by atoms with Crippen molar-refractivity contribution in [2.45, 2.75) is 18.7 Å². The first-order valence-electron chi connectivity index (χ1n) is 8.38. The molecule has 7 heteroatoms. The summed E-state index contributed by atoms with van der Waals surface area (Å²) in [5.41, 5.74) is 0.183. The Morgan fingerprint density at radius 2 is 2.08 bits per heavy atom. The van der Waals surface area contributed by atoms with Crippen LogP contribution in [0, 0.1) is 5.92 Å². The van der Waals surface area contributed by atoms with Gasteiger partial charge in [0.25, 0.3) is 5.91 Å². The highest BCUT2D eigenvalue weighted by molar-refractivity contribution is 7.99. The van der Waals surface area contributed by atoms with E-state index in [4.69, 9.17) is 21.1 Å². The van der Waals surface area contributed by atoms with Gasteiger partial charge in [-0.05, 0) is 31.0 Å². The van der Waals surface area contributed by atoms with E-state index in [2.05, 4.69) is 17.2 Å². The van der Waals surface area contributed by atoms with Crippen LogP contribution >= 0.6 is 23.4 Å². The summed E-state index contributed by atoms with van der Waals surface area (Å²) in [6.45, 7) is 4.94. The van der Waals surface area contributed by atoms with E-state index in [0.29, 0.717) is 24.1 Å². The highest BCUT2D eigenvalue weighted by atomic mass is 35.5. The van der Waals surface area contributed by atoms with Gasteiger partial charge in [0, 0.05) is 23.3 Å². The highest BCUT2D eigenvalue weighted by Gasteiger charge is 2.15. The Hall–Kier alpha value is -1.92. The minimum atomic E-state index is -0.300. The van der Waals surface area contributed by atoms with Crippen molar-refractivity contribution >= 4 is 29.3 Å². The number of methoxy groups -OCH3 is 1. The normalized spacial score (nSPS) is 11.7. The summed E-state index contributed by atoms with van der Waals surface area (Å²) >= 11 is 7.79. The smallest absolute Gasteiger partial charge is 0.271 e. The van der Waals surface area contributed by atoms with Crippen LogP contribution < -0.4 is 14.8 Å². The number of carbonyl (C=O) groups is 1. The molecule has 1 heterocycles. The predicted octanol–water partition coefficient (Wildman–Crippen LogP) is 4.30. The molecule has 0 saturated carbocycles. The second kappa shape index (κ2) is 10.3. The van der Waals surface area contributed by atoms with Gasteiger partial charge in [0.15, 0.2) is 5.69 Å². The monoisotopic (exact) mass is 394 g/mol. The summed E-state index contributed by atoms with van der Waals surface area (Å²) in [7, 11) is 1.66. The molecule has 1 N–H and O–H groups in total. The number of ether oxygens (including phenoxy) is 2. The molecule has 1 aromatic carbocycles. The van der Waals surface area contributed by atoms with E-state index in [1.165, 1.54) is 0 Å². The van der Waals surface area contributed by atoms with Gasteiger partial charge in [0.1, 0.15) is 5.75 Å². The molecule has 26 heavy (non-hydrogen) atoms. The van der Waals surface area contributed by atoms with E-state index in [1.54, 1.807) is 31.0 Å². The van der Waals surface area contributed by atoms with Crippen LogP contribution in [0.3, 0.4) is 0 Å². The largest absolute Gasteiger partial charge is 0.496 e. The van der Waals surface area contributed by atoms with Gasteiger partial charge in [-0.15, -0.1) is 11.8 Å². The summed E-state index contributed by atoms with van der Waals surface area (Å²) < 4.78 is 10.7. The summed E-state index contributed by atoms with van der Waals surface area (Å²) in [5, 5.41) is 3.20. The van der Waals surface area contributed by atoms with Crippen LogP contribution in [0.4, 0.5) is 0 Å².